The first kappa shape index (κ1) is 20.2. The minimum absolute atomic E-state index is 0.220. The molecule has 4 nitrogen and oxygen atoms in total. The maximum absolute atomic E-state index is 13.3. The van der Waals surface area contributed by atoms with Gasteiger partial charge in [-0.15, -0.1) is 0 Å². The van der Waals surface area contributed by atoms with Crippen LogP contribution in [0.15, 0.2) is 66.7 Å². The topological polar surface area (TPSA) is 51.2 Å². The third kappa shape index (κ3) is 3.84. The molecule has 0 aliphatic carbocycles. The van der Waals surface area contributed by atoms with Crippen LogP contribution in [0.5, 0.6) is 5.75 Å². The second kappa shape index (κ2) is 8.34. The first-order chi connectivity index (χ1) is 14.5. The molecule has 0 aliphatic heterocycles. The van der Waals surface area contributed by atoms with E-state index in [0.717, 1.165) is 22.3 Å². The van der Waals surface area contributed by atoms with Gasteiger partial charge in [-0.2, -0.15) is 0 Å². The van der Waals surface area contributed by atoms with Crippen molar-refractivity contribution >= 4 is 45.7 Å². The first-order valence-corrected chi connectivity index (χ1v) is 10.0. The average molecular weight is 437 g/mol. The number of benzene rings is 3. The van der Waals surface area contributed by atoms with Crippen molar-refractivity contribution in [2.45, 2.75) is 6.92 Å². The first-order valence-electron chi connectivity index (χ1n) is 9.28. The number of fused-ring (bicyclic) bond motifs is 1. The van der Waals surface area contributed by atoms with E-state index in [4.69, 9.17) is 32.9 Å². The van der Waals surface area contributed by atoms with Crippen molar-refractivity contribution in [2.24, 2.45) is 0 Å². The fraction of sp³-hybridized carbons (Fsp3) is 0.0833. The number of carbonyl (C=O) groups excluding carboxylic acids is 1. The summed E-state index contributed by atoms with van der Waals surface area (Å²) in [6, 6.07) is 20.0. The number of para-hydroxylation sites is 1. The molecular formula is C24H18Cl2N2O2. The molecule has 0 atom stereocenters. The molecule has 150 valence electrons. The van der Waals surface area contributed by atoms with Crippen LogP contribution in [0.4, 0.5) is 5.69 Å². The van der Waals surface area contributed by atoms with Crippen molar-refractivity contribution < 1.29 is 9.53 Å². The SMILES string of the molecule is COc1ccc(NC(=O)c2c(C)c(-c3ccc(Cl)cc3Cl)nc3ccccc23)cc1. The summed E-state index contributed by atoms with van der Waals surface area (Å²) >= 11 is 12.5. The van der Waals surface area contributed by atoms with Crippen LogP contribution in [0.2, 0.25) is 10.0 Å². The highest BCUT2D eigenvalue weighted by atomic mass is 35.5. The number of anilines is 1. The number of hydrogen-bond acceptors (Lipinski definition) is 3. The van der Waals surface area contributed by atoms with Crippen LogP contribution in [-0.4, -0.2) is 18.0 Å². The molecule has 4 aromatic rings. The van der Waals surface area contributed by atoms with Gasteiger partial charge in [0.15, 0.2) is 0 Å². The lowest BCUT2D eigenvalue weighted by Gasteiger charge is -2.16. The summed E-state index contributed by atoms with van der Waals surface area (Å²) < 4.78 is 5.18. The molecule has 30 heavy (non-hydrogen) atoms. The van der Waals surface area contributed by atoms with Gasteiger partial charge in [-0.1, -0.05) is 41.4 Å². The Balaban J connectivity index is 1.85. The van der Waals surface area contributed by atoms with Gasteiger partial charge in [-0.05, 0) is 61.0 Å². The van der Waals surface area contributed by atoms with E-state index in [1.807, 2.05) is 37.3 Å². The lowest BCUT2D eigenvalue weighted by molar-refractivity contribution is 0.102. The minimum atomic E-state index is -0.220. The van der Waals surface area contributed by atoms with Gasteiger partial charge in [-0.3, -0.25) is 4.79 Å². The van der Waals surface area contributed by atoms with E-state index in [-0.39, 0.29) is 5.91 Å². The summed E-state index contributed by atoms with van der Waals surface area (Å²) in [5.41, 5.74) is 4.05. The molecule has 1 aromatic heterocycles. The van der Waals surface area contributed by atoms with Crippen LogP contribution < -0.4 is 10.1 Å². The van der Waals surface area contributed by atoms with Crippen LogP contribution in [0.1, 0.15) is 15.9 Å². The van der Waals surface area contributed by atoms with E-state index in [2.05, 4.69) is 5.32 Å². The predicted octanol–water partition coefficient (Wildman–Crippen LogP) is 6.78. The number of halogens is 2. The second-order valence-corrected chi connectivity index (χ2v) is 7.63. The van der Waals surface area contributed by atoms with Crippen LogP contribution in [0, 0.1) is 6.92 Å². The second-order valence-electron chi connectivity index (χ2n) is 6.78. The lowest BCUT2D eigenvalue weighted by atomic mass is 9.97. The summed E-state index contributed by atoms with van der Waals surface area (Å²) in [7, 11) is 1.60. The van der Waals surface area contributed by atoms with Gasteiger partial charge in [0.05, 0.1) is 28.9 Å². The number of ether oxygens (including phenoxy) is 1. The minimum Gasteiger partial charge on any atom is -0.497 e. The number of hydrogen-bond donors (Lipinski definition) is 1. The van der Waals surface area contributed by atoms with Crippen LogP contribution >= 0.6 is 23.2 Å². The Morgan fingerprint density at radius 3 is 2.43 bits per heavy atom. The number of pyridine rings is 1. The maximum Gasteiger partial charge on any atom is 0.256 e. The average Bonchev–Trinajstić information content (AvgIpc) is 2.74. The van der Waals surface area contributed by atoms with Crippen molar-refractivity contribution in [1.82, 2.24) is 4.98 Å². The third-order valence-corrected chi connectivity index (χ3v) is 5.44. The molecule has 0 bridgehead atoms. The number of carbonyl (C=O) groups is 1. The van der Waals surface area contributed by atoms with E-state index < -0.39 is 0 Å². The number of methoxy groups -OCH3 is 1. The van der Waals surface area contributed by atoms with Gasteiger partial charge in [-0.25, -0.2) is 4.98 Å². The largest absolute Gasteiger partial charge is 0.497 e. The van der Waals surface area contributed by atoms with Crippen LogP contribution in [0.25, 0.3) is 22.2 Å². The fourth-order valence-electron chi connectivity index (χ4n) is 3.41. The van der Waals surface area contributed by atoms with E-state index in [0.29, 0.717) is 32.5 Å². The summed E-state index contributed by atoms with van der Waals surface area (Å²) in [5, 5.41) is 4.76. The Hall–Kier alpha value is -3.08. The molecule has 1 heterocycles. The smallest absolute Gasteiger partial charge is 0.256 e. The highest BCUT2D eigenvalue weighted by molar-refractivity contribution is 6.36. The van der Waals surface area contributed by atoms with Gasteiger partial charge in [0.1, 0.15) is 5.75 Å². The molecule has 0 radical (unpaired) electrons. The number of aromatic nitrogens is 1. The number of amides is 1. The van der Waals surface area contributed by atoms with E-state index in [9.17, 15) is 4.79 Å². The van der Waals surface area contributed by atoms with Gasteiger partial charge in [0.2, 0.25) is 0 Å². The van der Waals surface area contributed by atoms with Crippen LogP contribution in [0.3, 0.4) is 0 Å². The van der Waals surface area contributed by atoms with Crippen molar-refractivity contribution in [3.05, 3.63) is 87.9 Å². The molecule has 3 aromatic carbocycles. The van der Waals surface area contributed by atoms with Crippen molar-refractivity contribution in [1.29, 1.82) is 0 Å². The molecular weight excluding hydrogens is 419 g/mol. The number of nitrogens with one attached hydrogen (secondary N) is 1. The monoisotopic (exact) mass is 436 g/mol. The van der Waals surface area contributed by atoms with Crippen molar-refractivity contribution in [3.63, 3.8) is 0 Å². The molecule has 0 fully saturated rings. The van der Waals surface area contributed by atoms with E-state index in [1.165, 1.54) is 0 Å². The molecule has 6 heteroatoms. The molecule has 0 saturated heterocycles. The Kier molecular flexibility index (Phi) is 5.62. The zero-order chi connectivity index (χ0) is 21.3. The molecule has 0 saturated carbocycles. The fourth-order valence-corrected chi connectivity index (χ4v) is 3.91. The lowest BCUT2D eigenvalue weighted by Crippen LogP contribution is -2.15. The Bertz CT molecular complexity index is 1250. The van der Waals surface area contributed by atoms with Gasteiger partial charge >= 0.3 is 0 Å². The highest BCUT2D eigenvalue weighted by Crippen LogP contribution is 2.35. The summed E-state index contributed by atoms with van der Waals surface area (Å²) in [6.07, 6.45) is 0. The van der Waals surface area contributed by atoms with Gasteiger partial charge in [0, 0.05) is 21.7 Å². The summed E-state index contributed by atoms with van der Waals surface area (Å²) in [5.74, 6) is 0.501. The Labute approximate surface area is 184 Å². The van der Waals surface area contributed by atoms with Crippen LogP contribution in [-0.2, 0) is 0 Å². The van der Waals surface area contributed by atoms with Gasteiger partial charge < -0.3 is 10.1 Å². The number of nitrogens with zero attached hydrogens (tertiary/aromatic N) is 1. The highest BCUT2D eigenvalue weighted by Gasteiger charge is 2.20. The maximum atomic E-state index is 13.3. The molecule has 1 N–H and O–H groups in total. The predicted molar refractivity (Wildman–Crippen MR) is 123 cm³/mol. The molecule has 1 amide bonds. The van der Waals surface area contributed by atoms with E-state index >= 15 is 0 Å². The zero-order valence-corrected chi connectivity index (χ0v) is 17.9. The molecule has 4 rings (SSSR count). The third-order valence-electron chi connectivity index (χ3n) is 4.90. The summed E-state index contributed by atoms with van der Waals surface area (Å²) in [6.45, 7) is 1.88. The standard InChI is InChI=1S/C24H18Cl2N2O2/c1-14-22(24(29)27-16-8-10-17(30-2)11-9-16)19-5-3-4-6-21(19)28-23(14)18-12-7-15(25)13-20(18)26/h3-13H,1-2H3,(H,27,29). The Morgan fingerprint density at radius 1 is 1.00 bits per heavy atom. The quantitative estimate of drug-likeness (QED) is 0.383. The van der Waals surface area contributed by atoms with Crippen molar-refractivity contribution in [2.75, 3.05) is 12.4 Å². The molecule has 0 unspecified atom stereocenters. The molecule has 0 aliphatic rings. The summed E-state index contributed by atoms with van der Waals surface area (Å²) in [4.78, 5) is 18.1. The normalized spacial score (nSPS) is 10.8. The zero-order valence-electron chi connectivity index (χ0n) is 16.4. The van der Waals surface area contributed by atoms with Crippen molar-refractivity contribution in [3.8, 4) is 17.0 Å². The Morgan fingerprint density at radius 2 is 1.73 bits per heavy atom. The van der Waals surface area contributed by atoms with Gasteiger partial charge in [0.25, 0.3) is 5.91 Å². The molecule has 0 spiro atoms. The van der Waals surface area contributed by atoms with E-state index in [1.54, 1.807) is 43.5 Å². The number of rotatable bonds is 4.